The average Bonchev–Trinajstić information content (AvgIpc) is 3.32. The second kappa shape index (κ2) is 13.2. The van der Waals surface area contributed by atoms with E-state index in [1.165, 1.54) is 5.69 Å². The van der Waals surface area contributed by atoms with E-state index < -0.39 is 24.4 Å². The molecule has 1 heterocycles. The van der Waals surface area contributed by atoms with Crippen molar-refractivity contribution in [3.63, 3.8) is 0 Å². The van der Waals surface area contributed by atoms with Crippen LogP contribution in [0, 0.1) is 0 Å². The number of benzene rings is 4. The summed E-state index contributed by atoms with van der Waals surface area (Å²) >= 11 is 6.16. The summed E-state index contributed by atoms with van der Waals surface area (Å²) in [6, 6.07) is 31.8. The van der Waals surface area contributed by atoms with E-state index in [0.29, 0.717) is 6.42 Å². The number of piperazine rings is 1. The summed E-state index contributed by atoms with van der Waals surface area (Å²) in [4.78, 5) is 17.6. The van der Waals surface area contributed by atoms with Crippen LogP contribution in [0.25, 0.3) is 22.3 Å². The molecule has 4 aromatic rings. The van der Waals surface area contributed by atoms with Crippen LogP contribution in [-0.4, -0.2) is 56.4 Å². The molecule has 0 radical (unpaired) electrons. The van der Waals surface area contributed by atoms with Gasteiger partial charge < -0.3 is 15.0 Å². The van der Waals surface area contributed by atoms with Crippen LogP contribution in [0.1, 0.15) is 30.4 Å². The Balaban J connectivity index is 1.07. The molecule has 0 aromatic heterocycles. The van der Waals surface area contributed by atoms with Crippen LogP contribution in [0.15, 0.2) is 97.1 Å². The van der Waals surface area contributed by atoms with Crippen molar-refractivity contribution in [2.45, 2.75) is 31.0 Å². The minimum absolute atomic E-state index is 0.472. The molecule has 1 aliphatic carbocycles. The molecule has 0 bridgehead atoms. The second-order valence-corrected chi connectivity index (χ2v) is 12.1. The Kier molecular flexibility index (Phi) is 9.06. The van der Waals surface area contributed by atoms with Crippen LogP contribution < -0.4 is 10.2 Å². The highest BCUT2D eigenvalue weighted by Gasteiger charge is 2.46. The fraction of sp³-hybridized carbons (Fsp3) is 0.306. The number of ether oxygens (including phenoxy) is 1. The van der Waals surface area contributed by atoms with Gasteiger partial charge in [-0.1, -0.05) is 84.4 Å². The lowest BCUT2D eigenvalue weighted by Gasteiger charge is -2.36. The number of unbranched alkanes of at least 4 members (excludes halogenated alkanes) is 1. The van der Waals surface area contributed by atoms with E-state index in [1.54, 1.807) is 0 Å². The van der Waals surface area contributed by atoms with Crippen molar-refractivity contribution in [2.24, 2.45) is 0 Å². The van der Waals surface area contributed by atoms with Gasteiger partial charge in [0.05, 0.1) is 0 Å². The van der Waals surface area contributed by atoms with Gasteiger partial charge in [0, 0.05) is 48.0 Å². The number of hydrogen-bond donors (Lipinski definition) is 1. The lowest BCUT2D eigenvalue weighted by Crippen LogP contribution is -2.46. The first-order chi connectivity index (χ1) is 21.7. The molecule has 45 heavy (non-hydrogen) atoms. The van der Waals surface area contributed by atoms with Crippen molar-refractivity contribution in [3.8, 4) is 22.3 Å². The summed E-state index contributed by atoms with van der Waals surface area (Å²) in [7, 11) is 0. The predicted molar refractivity (Wildman–Crippen MR) is 173 cm³/mol. The number of anilines is 1. The maximum absolute atomic E-state index is 12.9. The van der Waals surface area contributed by atoms with E-state index in [-0.39, 0.29) is 0 Å². The van der Waals surface area contributed by atoms with Crippen LogP contribution in [0.4, 0.5) is 23.7 Å². The van der Waals surface area contributed by atoms with Crippen LogP contribution in [0.2, 0.25) is 5.02 Å². The number of alkyl carbamates (subject to hydrolysis) is 1. The van der Waals surface area contributed by atoms with Crippen molar-refractivity contribution in [2.75, 3.05) is 44.2 Å². The first-order valence-electron chi connectivity index (χ1n) is 15.3. The number of fused-ring (bicyclic) bond motifs is 3. The summed E-state index contributed by atoms with van der Waals surface area (Å²) in [5.74, 6) is 0. The topological polar surface area (TPSA) is 44.8 Å². The standard InChI is InChI=1S/C36H35ClF3N3O2/c37-28-9-7-8-27(24-28)26-14-16-29(17-15-26)43-22-20-42(21-23-43)19-6-5-18-35(45-34(44)41-25-36(38,39)40)32-12-3-1-10-30(32)31-11-2-4-13-33(31)35/h1-4,7-17,24H,5-6,18-23,25H2,(H,41,44). The highest BCUT2D eigenvalue weighted by atomic mass is 35.5. The van der Waals surface area contributed by atoms with Crippen molar-refractivity contribution >= 4 is 23.4 Å². The number of alkyl halides is 3. The van der Waals surface area contributed by atoms with E-state index in [2.05, 4.69) is 40.1 Å². The quantitative estimate of drug-likeness (QED) is 0.188. The predicted octanol–water partition coefficient (Wildman–Crippen LogP) is 8.51. The molecule has 4 aromatic carbocycles. The third-order valence-corrected chi connectivity index (χ3v) is 8.97. The molecule has 0 atom stereocenters. The zero-order valence-electron chi connectivity index (χ0n) is 24.8. The molecule has 6 rings (SSSR count). The Morgan fingerprint density at radius 2 is 1.44 bits per heavy atom. The van der Waals surface area contributed by atoms with Gasteiger partial charge in [0.15, 0.2) is 5.60 Å². The molecule has 1 amide bonds. The van der Waals surface area contributed by atoms with Gasteiger partial charge in [0.25, 0.3) is 0 Å². The van der Waals surface area contributed by atoms with Crippen LogP contribution in [0.3, 0.4) is 0 Å². The zero-order valence-corrected chi connectivity index (χ0v) is 25.6. The second-order valence-electron chi connectivity index (χ2n) is 11.6. The smallest absolute Gasteiger partial charge is 0.408 e. The molecule has 1 fully saturated rings. The molecule has 1 saturated heterocycles. The Morgan fingerprint density at radius 3 is 2.07 bits per heavy atom. The molecule has 0 saturated carbocycles. The molecular weight excluding hydrogens is 599 g/mol. The van der Waals surface area contributed by atoms with Crippen molar-refractivity contribution in [1.29, 1.82) is 0 Å². The van der Waals surface area contributed by atoms with Gasteiger partial charge in [0.2, 0.25) is 0 Å². The maximum atomic E-state index is 12.9. The number of carbonyl (C=O) groups is 1. The van der Waals surface area contributed by atoms with Gasteiger partial charge in [-0.05, 0) is 72.3 Å². The lowest BCUT2D eigenvalue weighted by atomic mass is 9.86. The summed E-state index contributed by atoms with van der Waals surface area (Å²) < 4.78 is 44.5. The molecule has 1 N–H and O–H groups in total. The summed E-state index contributed by atoms with van der Waals surface area (Å²) in [5, 5.41) is 2.63. The number of carbonyl (C=O) groups excluding carboxylic acids is 1. The highest BCUT2D eigenvalue weighted by Crippen LogP contribution is 2.52. The number of amides is 1. The first-order valence-corrected chi connectivity index (χ1v) is 15.7. The minimum atomic E-state index is -4.53. The summed E-state index contributed by atoms with van der Waals surface area (Å²) in [5.41, 5.74) is 5.76. The fourth-order valence-corrected chi connectivity index (χ4v) is 6.74. The highest BCUT2D eigenvalue weighted by molar-refractivity contribution is 6.30. The molecule has 234 valence electrons. The molecule has 9 heteroatoms. The van der Waals surface area contributed by atoms with Crippen LogP contribution in [-0.2, 0) is 10.3 Å². The molecule has 0 unspecified atom stereocenters. The Labute approximate surface area is 266 Å². The fourth-order valence-electron chi connectivity index (χ4n) is 6.55. The largest absolute Gasteiger partial charge is 0.433 e. The average molecular weight is 634 g/mol. The SMILES string of the molecule is O=C(NCC(F)(F)F)OC1(CCCCN2CCN(c3ccc(-c4cccc(Cl)c4)cc3)CC2)c2ccccc2-c2ccccc21. The monoisotopic (exact) mass is 633 g/mol. The van der Waals surface area contributed by atoms with Crippen molar-refractivity contribution in [1.82, 2.24) is 10.2 Å². The van der Waals surface area contributed by atoms with E-state index in [9.17, 15) is 18.0 Å². The van der Waals surface area contributed by atoms with E-state index in [0.717, 1.165) is 84.0 Å². The van der Waals surface area contributed by atoms with E-state index in [4.69, 9.17) is 16.3 Å². The summed E-state index contributed by atoms with van der Waals surface area (Å²) in [6.07, 6.45) is -3.52. The van der Waals surface area contributed by atoms with Gasteiger partial charge in [-0.3, -0.25) is 4.90 Å². The van der Waals surface area contributed by atoms with Crippen LogP contribution in [0.5, 0.6) is 0 Å². The molecule has 1 aliphatic heterocycles. The van der Waals surface area contributed by atoms with E-state index >= 15 is 0 Å². The van der Waals surface area contributed by atoms with Crippen LogP contribution >= 0.6 is 11.6 Å². The minimum Gasteiger partial charge on any atom is -0.433 e. The lowest BCUT2D eigenvalue weighted by molar-refractivity contribution is -0.124. The number of rotatable bonds is 9. The third kappa shape index (κ3) is 6.97. The first kappa shape index (κ1) is 31.0. The molecule has 2 aliphatic rings. The van der Waals surface area contributed by atoms with Gasteiger partial charge >= 0.3 is 12.3 Å². The molecular formula is C36H35ClF3N3O2. The van der Waals surface area contributed by atoms with Gasteiger partial charge in [-0.25, -0.2) is 4.79 Å². The van der Waals surface area contributed by atoms with E-state index in [1.807, 2.05) is 72.0 Å². The molecule has 0 spiro atoms. The Morgan fingerprint density at radius 1 is 0.800 bits per heavy atom. The van der Waals surface area contributed by atoms with Crippen molar-refractivity contribution < 1.29 is 22.7 Å². The Bertz CT molecular complexity index is 1590. The zero-order chi connectivity index (χ0) is 31.4. The third-order valence-electron chi connectivity index (χ3n) is 8.73. The summed E-state index contributed by atoms with van der Waals surface area (Å²) in [6.45, 7) is 3.16. The number of halogens is 4. The Hall–Kier alpha value is -4.01. The normalized spacial score (nSPS) is 15.8. The number of nitrogens with one attached hydrogen (secondary N) is 1. The van der Waals surface area contributed by atoms with Gasteiger partial charge in [0.1, 0.15) is 6.54 Å². The van der Waals surface area contributed by atoms with Crippen molar-refractivity contribution in [3.05, 3.63) is 113 Å². The number of nitrogens with zero attached hydrogens (tertiary/aromatic N) is 2. The maximum Gasteiger partial charge on any atom is 0.408 e. The molecule has 5 nitrogen and oxygen atoms in total. The van der Waals surface area contributed by atoms with Gasteiger partial charge in [-0.15, -0.1) is 0 Å². The number of hydrogen-bond acceptors (Lipinski definition) is 4. The van der Waals surface area contributed by atoms with Gasteiger partial charge in [-0.2, -0.15) is 13.2 Å².